The molecular weight excluding hydrogens is 332 g/mol. The average molecular weight is 381 g/mol. The minimum absolute atomic E-state index is 0.525. The van der Waals surface area contributed by atoms with Crippen molar-refractivity contribution in [3.63, 3.8) is 0 Å². The van der Waals surface area contributed by atoms with Gasteiger partial charge >= 0.3 is 0 Å². The van der Waals surface area contributed by atoms with Crippen molar-refractivity contribution in [1.82, 2.24) is 0 Å². The first-order chi connectivity index (χ1) is 13.4. The molecule has 0 aromatic heterocycles. The second kappa shape index (κ2) is 15.8. The molecule has 2 saturated carbocycles. The summed E-state index contributed by atoms with van der Waals surface area (Å²) < 4.78 is 12.5. The van der Waals surface area contributed by atoms with Crippen molar-refractivity contribution in [1.29, 1.82) is 0 Å². The highest BCUT2D eigenvalue weighted by Crippen LogP contribution is 2.27. The lowest BCUT2D eigenvalue weighted by molar-refractivity contribution is 0.0138. The van der Waals surface area contributed by atoms with Crippen molar-refractivity contribution in [3.8, 4) is 0 Å². The van der Waals surface area contributed by atoms with Crippen LogP contribution in [0.3, 0.4) is 0 Å². The van der Waals surface area contributed by atoms with Crippen LogP contribution < -0.4 is 0 Å². The predicted molar refractivity (Wildman–Crippen MR) is 116 cm³/mol. The molecule has 2 fully saturated rings. The Labute approximate surface area is 170 Å². The summed E-state index contributed by atoms with van der Waals surface area (Å²) in [4.78, 5) is 0. The highest BCUT2D eigenvalue weighted by atomic mass is 16.5. The summed E-state index contributed by atoms with van der Waals surface area (Å²) >= 11 is 0. The molecule has 0 saturated heterocycles. The van der Waals surface area contributed by atoms with Gasteiger partial charge < -0.3 is 9.47 Å². The van der Waals surface area contributed by atoms with E-state index in [0.717, 1.165) is 19.1 Å². The quantitative estimate of drug-likeness (QED) is 0.239. The third kappa shape index (κ3) is 11.5. The van der Waals surface area contributed by atoms with E-state index in [1.165, 1.54) is 122 Å². The van der Waals surface area contributed by atoms with Crippen molar-refractivity contribution in [3.05, 3.63) is 0 Å². The first kappa shape index (κ1) is 23.2. The van der Waals surface area contributed by atoms with Gasteiger partial charge in [-0.1, -0.05) is 84.0 Å². The topological polar surface area (TPSA) is 18.5 Å². The van der Waals surface area contributed by atoms with Crippen molar-refractivity contribution < 1.29 is 9.47 Å². The van der Waals surface area contributed by atoms with Gasteiger partial charge in [-0.25, -0.2) is 0 Å². The number of unbranched alkanes of at least 4 members (excludes halogenated alkanes) is 7. The number of hydrogen-bond acceptors (Lipinski definition) is 2. The molecule has 0 heterocycles. The third-order valence-electron chi connectivity index (χ3n) is 6.76. The fraction of sp³-hybridized carbons (Fsp3) is 1.00. The minimum atomic E-state index is 0.525. The smallest absolute Gasteiger partial charge is 0.0575 e. The van der Waals surface area contributed by atoms with E-state index in [-0.39, 0.29) is 0 Å². The highest BCUT2D eigenvalue weighted by Gasteiger charge is 2.21. The molecule has 2 rings (SSSR count). The van der Waals surface area contributed by atoms with Crippen molar-refractivity contribution in [2.75, 3.05) is 13.2 Å². The van der Waals surface area contributed by atoms with Gasteiger partial charge in [0.15, 0.2) is 0 Å². The molecular formula is C25H48O2. The lowest BCUT2D eigenvalue weighted by atomic mass is 10.0. The van der Waals surface area contributed by atoms with Gasteiger partial charge in [0.1, 0.15) is 0 Å². The zero-order chi connectivity index (χ0) is 19.0. The summed E-state index contributed by atoms with van der Waals surface area (Å²) in [6.07, 6.45) is 26.9. The van der Waals surface area contributed by atoms with Crippen LogP contribution in [0.5, 0.6) is 0 Å². The SMILES string of the molecule is CCCCCCCCCCOC1CCCC(COC2CCCCCC2)CC1. The van der Waals surface area contributed by atoms with Crippen molar-refractivity contribution >= 4 is 0 Å². The Balaban J connectivity index is 1.45. The normalized spacial score (nSPS) is 25.2. The molecule has 0 aliphatic heterocycles. The molecule has 0 radical (unpaired) electrons. The fourth-order valence-corrected chi connectivity index (χ4v) is 4.84. The van der Waals surface area contributed by atoms with Crippen LogP contribution in [0.4, 0.5) is 0 Å². The maximum Gasteiger partial charge on any atom is 0.0575 e. The zero-order valence-corrected chi connectivity index (χ0v) is 18.4. The summed E-state index contributed by atoms with van der Waals surface area (Å²) in [5.41, 5.74) is 0. The van der Waals surface area contributed by atoms with Gasteiger partial charge in [-0.3, -0.25) is 0 Å². The second-order valence-electron chi connectivity index (χ2n) is 9.29. The first-order valence-corrected chi connectivity index (χ1v) is 12.6. The fourth-order valence-electron chi connectivity index (χ4n) is 4.84. The molecule has 27 heavy (non-hydrogen) atoms. The Morgan fingerprint density at radius 1 is 0.556 bits per heavy atom. The Morgan fingerprint density at radius 3 is 1.93 bits per heavy atom. The minimum Gasteiger partial charge on any atom is -0.378 e. The number of rotatable bonds is 13. The van der Waals surface area contributed by atoms with Crippen molar-refractivity contribution in [2.24, 2.45) is 5.92 Å². The van der Waals surface area contributed by atoms with Crippen LogP contribution >= 0.6 is 0 Å². The molecule has 0 aromatic carbocycles. The van der Waals surface area contributed by atoms with Gasteiger partial charge in [-0.05, 0) is 50.9 Å². The van der Waals surface area contributed by atoms with E-state index in [9.17, 15) is 0 Å². The Bertz CT molecular complexity index is 322. The monoisotopic (exact) mass is 380 g/mol. The van der Waals surface area contributed by atoms with Crippen LogP contribution in [0.15, 0.2) is 0 Å². The largest absolute Gasteiger partial charge is 0.378 e. The molecule has 160 valence electrons. The van der Waals surface area contributed by atoms with Crippen LogP contribution in [0.2, 0.25) is 0 Å². The molecule has 2 atom stereocenters. The molecule has 0 aromatic rings. The Hall–Kier alpha value is -0.0800. The van der Waals surface area contributed by atoms with Gasteiger partial charge in [-0.15, -0.1) is 0 Å². The molecule has 2 nitrogen and oxygen atoms in total. The predicted octanol–water partition coefficient (Wildman–Crippen LogP) is 7.83. The lowest BCUT2D eigenvalue weighted by Gasteiger charge is -2.20. The van der Waals surface area contributed by atoms with E-state index in [1.54, 1.807) is 0 Å². The molecule has 2 unspecified atom stereocenters. The molecule has 2 aliphatic rings. The summed E-state index contributed by atoms with van der Waals surface area (Å²) in [6.45, 7) is 4.29. The van der Waals surface area contributed by atoms with E-state index in [0.29, 0.717) is 12.2 Å². The summed E-state index contributed by atoms with van der Waals surface area (Å²) in [5, 5.41) is 0. The molecule has 2 heteroatoms. The molecule has 0 spiro atoms. The van der Waals surface area contributed by atoms with Gasteiger partial charge in [0.25, 0.3) is 0 Å². The van der Waals surface area contributed by atoms with Crippen LogP contribution in [0, 0.1) is 5.92 Å². The van der Waals surface area contributed by atoms with Crippen LogP contribution in [-0.4, -0.2) is 25.4 Å². The van der Waals surface area contributed by atoms with Gasteiger partial charge in [0.05, 0.1) is 12.2 Å². The Morgan fingerprint density at radius 2 is 1.19 bits per heavy atom. The van der Waals surface area contributed by atoms with Gasteiger partial charge in [0.2, 0.25) is 0 Å². The number of ether oxygens (including phenoxy) is 2. The first-order valence-electron chi connectivity index (χ1n) is 12.6. The van der Waals surface area contributed by atoms with E-state index < -0.39 is 0 Å². The summed E-state index contributed by atoms with van der Waals surface area (Å²) in [7, 11) is 0. The summed E-state index contributed by atoms with van der Waals surface area (Å²) in [6, 6.07) is 0. The third-order valence-corrected chi connectivity index (χ3v) is 6.76. The van der Waals surface area contributed by atoms with E-state index in [2.05, 4.69) is 6.92 Å². The molecule has 0 N–H and O–H groups in total. The maximum atomic E-state index is 6.31. The Kier molecular flexibility index (Phi) is 13.6. The average Bonchev–Trinajstić information content (AvgIpc) is 3.08. The maximum absolute atomic E-state index is 6.31. The molecule has 0 bridgehead atoms. The summed E-state index contributed by atoms with van der Waals surface area (Å²) in [5.74, 6) is 0.782. The van der Waals surface area contributed by atoms with Crippen LogP contribution in [-0.2, 0) is 9.47 Å². The van der Waals surface area contributed by atoms with E-state index >= 15 is 0 Å². The van der Waals surface area contributed by atoms with Crippen LogP contribution in [0.1, 0.15) is 129 Å². The van der Waals surface area contributed by atoms with E-state index in [4.69, 9.17) is 9.47 Å². The van der Waals surface area contributed by atoms with Gasteiger partial charge in [-0.2, -0.15) is 0 Å². The van der Waals surface area contributed by atoms with Crippen LogP contribution in [0.25, 0.3) is 0 Å². The second-order valence-corrected chi connectivity index (χ2v) is 9.29. The highest BCUT2D eigenvalue weighted by molar-refractivity contribution is 4.72. The standard InChI is InChI=1S/C25H48O2/c1-2-3-4-5-6-7-10-13-21-26-25-18-14-15-23(19-20-25)22-27-24-16-11-8-9-12-17-24/h23-25H,2-22H2,1H3. The molecule has 0 amide bonds. The van der Waals surface area contributed by atoms with Crippen molar-refractivity contribution in [2.45, 2.75) is 141 Å². The number of hydrogen-bond donors (Lipinski definition) is 0. The van der Waals surface area contributed by atoms with Gasteiger partial charge in [0, 0.05) is 13.2 Å². The lowest BCUT2D eigenvalue weighted by Crippen LogP contribution is -2.18. The van der Waals surface area contributed by atoms with E-state index in [1.807, 2.05) is 0 Å². The zero-order valence-electron chi connectivity index (χ0n) is 18.4. The molecule has 2 aliphatic carbocycles.